The van der Waals surface area contributed by atoms with Gasteiger partial charge in [0.2, 0.25) is 0 Å². The molecule has 0 spiro atoms. The summed E-state index contributed by atoms with van der Waals surface area (Å²) in [6.07, 6.45) is 4.39. The van der Waals surface area contributed by atoms with Crippen molar-refractivity contribution < 1.29 is 0 Å². The third kappa shape index (κ3) is 2.99. The molecule has 3 rings (SSSR count). The molecule has 1 aromatic carbocycles. The summed E-state index contributed by atoms with van der Waals surface area (Å²) in [4.78, 5) is 4.69. The van der Waals surface area contributed by atoms with Gasteiger partial charge in [-0.3, -0.25) is 0 Å². The molecule has 0 aliphatic heterocycles. The molecule has 0 saturated carbocycles. The van der Waals surface area contributed by atoms with E-state index in [1.807, 2.05) is 25.2 Å². The normalized spacial score (nSPS) is 11.1. The summed E-state index contributed by atoms with van der Waals surface area (Å²) in [5.41, 5.74) is 2.06. The third-order valence-electron chi connectivity index (χ3n) is 3.72. The third-order valence-corrected chi connectivity index (χ3v) is 4.08. The molecule has 0 fully saturated rings. The maximum Gasteiger partial charge on any atom is 0.174 e. The molecule has 2 heterocycles. The minimum atomic E-state index is 0.750. The monoisotopic (exact) mass is 330 g/mol. The topological polar surface area (TPSA) is 61.4 Å². The van der Waals surface area contributed by atoms with Crippen LogP contribution in [0.4, 0.5) is 0 Å². The van der Waals surface area contributed by atoms with Gasteiger partial charge in [-0.1, -0.05) is 42.8 Å². The van der Waals surface area contributed by atoms with E-state index < -0.39 is 0 Å². The summed E-state index contributed by atoms with van der Waals surface area (Å²) < 4.78 is 3.46. The second-order valence-corrected chi connectivity index (χ2v) is 5.80. The van der Waals surface area contributed by atoms with E-state index in [0.29, 0.717) is 0 Å². The van der Waals surface area contributed by atoms with Crippen LogP contribution in [0.15, 0.2) is 24.4 Å². The van der Waals surface area contributed by atoms with Gasteiger partial charge in [-0.2, -0.15) is 4.68 Å². The van der Waals surface area contributed by atoms with Crippen molar-refractivity contribution in [2.45, 2.75) is 33.1 Å². The predicted molar refractivity (Wildman–Crippen MR) is 89.7 cm³/mol. The molecule has 7 heteroatoms. The van der Waals surface area contributed by atoms with E-state index in [0.717, 1.165) is 52.9 Å². The van der Waals surface area contributed by atoms with Gasteiger partial charge in [-0.05, 0) is 24.5 Å². The van der Waals surface area contributed by atoms with Gasteiger partial charge in [0, 0.05) is 24.1 Å². The molecule has 0 N–H and O–H groups in total. The molecular formula is C16H19ClN6. The molecule has 2 aromatic heterocycles. The molecule has 3 aromatic rings. The van der Waals surface area contributed by atoms with Gasteiger partial charge in [0.15, 0.2) is 17.5 Å². The quantitative estimate of drug-likeness (QED) is 0.720. The van der Waals surface area contributed by atoms with Crippen molar-refractivity contribution >= 4 is 11.6 Å². The molecule has 0 saturated heterocycles. The number of halogens is 1. The lowest BCUT2D eigenvalue weighted by atomic mass is 10.1. The van der Waals surface area contributed by atoms with Gasteiger partial charge in [0.05, 0.1) is 6.20 Å². The van der Waals surface area contributed by atoms with Gasteiger partial charge < -0.3 is 0 Å². The Kier molecular flexibility index (Phi) is 4.43. The Hall–Kier alpha value is -2.21. The second-order valence-electron chi connectivity index (χ2n) is 5.39. The summed E-state index contributed by atoms with van der Waals surface area (Å²) in [6.45, 7) is 4.20. The number of benzene rings is 1. The van der Waals surface area contributed by atoms with Crippen LogP contribution in [0, 0.1) is 0 Å². The van der Waals surface area contributed by atoms with E-state index in [2.05, 4.69) is 34.2 Å². The van der Waals surface area contributed by atoms with Crippen molar-refractivity contribution in [1.82, 2.24) is 29.8 Å². The predicted octanol–water partition coefficient (Wildman–Crippen LogP) is 3.23. The fourth-order valence-electron chi connectivity index (χ4n) is 2.48. The Morgan fingerprint density at radius 2 is 2.04 bits per heavy atom. The fourth-order valence-corrected chi connectivity index (χ4v) is 2.79. The maximum absolute atomic E-state index is 6.37. The lowest BCUT2D eigenvalue weighted by Gasteiger charge is -2.07. The zero-order chi connectivity index (χ0) is 16.4. The Labute approximate surface area is 140 Å². The van der Waals surface area contributed by atoms with Crippen LogP contribution >= 0.6 is 11.6 Å². The number of hydrogen-bond acceptors (Lipinski definition) is 4. The molecule has 120 valence electrons. The average Bonchev–Trinajstić information content (AvgIpc) is 3.13. The van der Waals surface area contributed by atoms with E-state index >= 15 is 0 Å². The van der Waals surface area contributed by atoms with Gasteiger partial charge in [0.1, 0.15) is 0 Å². The molecule has 0 amide bonds. The first-order valence-electron chi connectivity index (χ1n) is 7.73. The van der Waals surface area contributed by atoms with E-state index in [4.69, 9.17) is 11.6 Å². The van der Waals surface area contributed by atoms with Crippen LogP contribution in [-0.2, 0) is 19.9 Å². The highest BCUT2D eigenvalue weighted by atomic mass is 35.5. The molecule has 0 aliphatic rings. The van der Waals surface area contributed by atoms with E-state index in [9.17, 15) is 0 Å². The first-order chi connectivity index (χ1) is 11.1. The minimum absolute atomic E-state index is 0.750. The van der Waals surface area contributed by atoms with Crippen LogP contribution in [0.25, 0.3) is 17.2 Å². The van der Waals surface area contributed by atoms with E-state index in [1.165, 1.54) is 0 Å². The number of hydrogen-bond donors (Lipinski definition) is 0. The van der Waals surface area contributed by atoms with Crippen LogP contribution in [0.5, 0.6) is 0 Å². The lowest BCUT2D eigenvalue weighted by Crippen LogP contribution is -2.06. The second kappa shape index (κ2) is 6.50. The SMILES string of the molecule is CCCc1nc(-c2ccc(CC)c(Cl)c2)n(-c2cnnn2C)n1. The van der Waals surface area contributed by atoms with Crippen molar-refractivity contribution in [1.29, 1.82) is 0 Å². The molecule has 0 bridgehead atoms. The number of rotatable bonds is 5. The largest absolute Gasteiger partial charge is 0.231 e. The zero-order valence-corrected chi connectivity index (χ0v) is 14.2. The summed E-state index contributed by atoms with van der Waals surface area (Å²) in [5.74, 6) is 2.33. The molecule has 0 atom stereocenters. The summed E-state index contributed by atoms with van der Waals surface area (Å²) in [6, 6.07) is 6.02. The molecule has 0 radical (unpaired) electrons. The van der Waals surface area contributed by atoms with Crippen LogP contribution in [-0.4, -0.2) is 29.8 Å². The van der Waals surface area contributed by atoms with Crippen molar-refractivity contribution in [3.05, 3.63) is 40.8 Å². The van der Waals surface area contributed by atoms with Crippen molar-refractivity contribution in [2.24, 2.45) is 7.05 Å². The van der Waals surface area contributed by atoms with E-state index in [-0.39, 0.29) is 0 Å². The molecule has 6 nitrogen and oxygen atoms in total. The smallest absolute Gasteiger partial charge is 0.174 e. The van der Waals surface area contributed by atoms with Crippen molar-refractivity contribution in [2.75, 3.05) is 0 Å². The number of nitrogens with zero attached hydrogens (tertiary/aromatic N) is 6. The van der Waals surface area contributed by atoms with Crippen molar-refractivity contribution in [3.8, 4) is 17.2 Å². The van der Waals surface area contributed by atoms with E-state index in [1.54, 1.807) is 15.6 Å². The first kappa shape index (κ1) is 15.7. The molecular weight excluding hydrogens is 312 g/mol. The first-order valence-corrected chi connectivity index (χ1v) is 8.11. The minimum Gasteiger partial charge on any atom is -0.231 e. The Balaban J connectivity index is 2.14. The van der Waals surface area contributed by atoms with Gasteiger partial charge >= 0.3 is 0 Å². The van der Waals surface area contributed by atoms with Gasteiger partial charge in [0.25, 0.3) is 0 Å². The van der Waals surface area contributed by atoms with Crippen LogP contribution in [0.2, 0.25) is 5.02 Å². The average molecular weight is 331 g/mol. The summed E-state index contributed by atoms with van der Waals surface area (Å²) in [7, 11) is 1.83. The van der Waals surface area contributed by atoms with Gasteiger partial charge in [-0.25, -0.2) is 9.67 Å². The van der Waals surface area contributed by atoms with Crippen LogP contribution < -0.4 is 0 Å². The number of aryl methyl sites for hydroxylation is 3. The lowest BCUT2D eigenvalue weighted by molar-refractivity contribution is 0.668. The maximum atomic E-state index is 6.37. The van der Waals surface area contributed by atoms with Crippen molar-refractivity contribution in [3.63, 3.8) is 0 Å². The Morgan fingerprint density at radius 3 is 2.65 bits per heavy atom. The Bertz CT molecular complexity index is 820. The highest BCUT2D eigenvalue weighted by Crippen LogP contribution is 2.26. The fraction of sp³-hybridized carbons (Fsp3) is 0.375. The van der Waals surface area contributed by atoms with Crippen LogP contribution in [0.1, 0.15) is 31.7 Å². The summed E-state index contributed by atoms with van der Waals surface area (Å²) >= 11 is 6.37. The van der Waals surface area contributed by atoms with Gasteiger partial charge in [-0.15, -0.1) is 10.2 Å². The standard InChI is InChI=1S/C16H19ClN6/c1-4-6-14-19-16(12-8-7-11(5-2)13(17)9-12)23(20-14)15-10-18-21-22(15)3/h7-10H,4-6H2,1-3H3. The number of aromatic nitrogens is 6. The molecule has 23 heavy (non-hydrogen) atoms. The summed E-state index contributed by atoms with van der Waals surface area (Å²) in [5, 5.41) is 13.3. The zero-order valence-electron chi connectivity index (χ0n) is 13.5. The Morgan fingerprint density at radius 1 is 1.22 bits per heavy atom. The molecule has 0 aliphatic carbocycles. The highest BCUT2D eigenvalue weighted by Gasteiger charge is 2.16. The van der Waals surface area contributed by atoms with Crippen LogP contribution in [0.3, 0.4) is 0 Å². The molecule has 0 unspecified atom stereocenters. The highest BCUT2D eigenvalue weighted by molar-refractivity contribution is 6.31.